The van der Waals surface area contributed by atoms with E-state index in [1.807, 2.05) is 0 Å². The average molecular weight is 233 g/mol. The zero-order chi connectivity index (χ0) is 12.7. The van der Waals surface area contributed by atoms with Gasteiger partial charge in [-0.05, 0) is 31.0 Å². The van der Waals surface area contributed by atoms with Crippen LogP contribution in [0.1, 0.15) is 29.6 Å². The lowest BCUT2D eigenvalue weighted by atomic mass is 10.2. The van der Waals surface area contributed by atoms with Crippen LogP contribution >= 0.6 is 0 Å². The van der Waals surface area contributed by atoms with Crippen molar-refractivity contribution in [3.63, 3.8) is 0 Å². The molecule has 0 aromatic heterocycles. The Kier molecular flexibility index (Phi) is 4.89. The molecule has 1 aromatic rings. The highest BCUT2D eigenvalue weighted by molar-refractivity contribution is 5.94. The third kappa shape index (κ3) is 4.07. The van der Waals surface area contributed by atoms with Crippen LogP contribution < -0.4 is 5.32 Å². The summed E-state index contributed by atoms with van der Waals surface area (Å²) >= 11 is 0. The molecular formula is C13H15NO3. The summed E-state index contributed by atoms with van der Waals surface area (Å²) in [6, 6.07) is 3.96. The molecule has 0 saturated heterocycles. The van der Waals surface area contributed by atoms with Gasteiger partial charge in [-0.3, -0.25) is 4.79 Å². The molecule has 0 atom stereocenters. The minimum atomic E-state index is -0.301. The minimum Gasteiger partial charge on any atom is -0.504 e. The Bertz CT molecular complexity index is 435. The summed E-state index contributed by atoms with van der Waals surface area (Å²) in [7, 11) is 0. The zero-order valence-corrected chi connectivity index (χ0v) is 9.44. The molecule has 0 aliphatic rings. The van der Waals surface area contributed by atoms with Crippen LogP contribution in [0.2, 0.25) is 0 Å². The number of terminal acetylenes is 1. The Hall–Kier alpha value is -2.15. The Morgan fingerprint density at radius 3 is 2.71 bits per heavy atom. The molecule has 4 heteroatoms. The second-order valence-corrected chi connectivity index (χ2v) is 3.62. The largest absolute Gasteiger partial charge is 0.504 e. The van der Waals surface area contributed by atoms with Gasteiger partial charge >= 0.3 is 0 Å². The van der Waals surface area contributed by atoms with Gasteiger partial charge in [0.2, 0.25) is 0 Å². The van der Waals surface area contributed by atoms with Crippen LogP contribution in [0, 0.1) is 12.3 Å². The molecule has 1 aromatic carbocycles. The van der Waals surface area contributed by atoms with Gasteiger partial charge in [-0.15, -0.1) is 12.3 Å². The second-order valence-electron chi connectivity index (χ2n) is 3.62. The van der Waals surface area contributed by atoms with Gasteiger partial charge in [-0.2, -0.15) is 0 Å². The average Bonchev–Trinajstić information content (AvgIpc) is 2.32. The summed E-state index contributed by atoms with van der Waals surface area (Å²) in [4.78, 5) is 11.6. The highest BCUT2D eigenvalue weighted by Crippen LogP contribution is 2.24. The van der Waals surface area contributed by atoms with Crippen LogP contribution in [0.4, 0.5) is 0 Å². The summed E-state index contributed by atoms with van der Waals surface area (Å²) < 4.78 is 0. The van der Waals surface area contributed by atoms with E-state index >= 15 is 0 Å². The number of hydrogen-bond acceptors (Lipinski definition) is 3. The number of unbranched alkanes of at least 4 members (excludes halogenated alkanes) is 2. The van der Waals surface area contributed by atoms with Gasteiger partial charge in [-0.25, -0.2) is 0 Å². The number of aromatic hydroxyl groups is 2. The molecule has 4 nitrogen and oxygen atoms in total. The van der Waals surface area contributed by atoms with E-state index in [1.165, 1.54) is 18.2 Å². The molecule has 0 unspecified atom stereocenters. The van der Waals surface area contributed by atoms with Crippen molar-refractivity contribution in [2.45, 2.75) is 19.3 Å². The lowest BCUT2D eigenvalue weighted by Gasteiger charge is -2.05. The van der Waals surface area contributed by atoms with Crippen LogP contribution in [0.25, 0.3) is 0 Å². The first-order chi connectivity index (χ1) is 8.15. The van der Waals surface area contributed by atoms with Crippen molar-refractivity contribution in [3.05, 3.63) is 23.8 Å². The minimum absolute atomic E-state index is 0.240. The van der Waals surface area contributed by atoms with Gasteiger partial charge in [0.1, 0.15) is 0 Å². The van der Waals surface area contributed by atoms with Gasteiger partial charge in [0, 0.05) is 18.5 Å². The predicted molar refractivity (Wildman–Crippen MR) is 64.8 cm³/mol. The highest BCUT2D eigenvalue weighted by atomic mass is 16.3. The Balaban J connectivity index is 2.42. The van der Waals surface area contributed by atoms with E-state index in [-0.39, 0.29) is 17.4 Å². The monoisotopic (exact) mass is 233 g/mol. The van der Waals surface area contributed by atoms with Gasteiger partial charge in [0.25, 0.3) is 5.91 Å². The highest BCUT2D eigenvalue weighted by Gasteiger charge is 2.07. The number of amides is 1. The van der Waals surface area contributed by atoms with Crippen molar-refractivity contribution in [1.82, 2.24) is 5.32 Å². The van der Waals surface area contributed by atoms with Crippen molar-refractivity contribution in [3.8, 4) is 23.8 Å². The first kappa shape index (κ1) is 12.9. The molecule has 1 rings (SSSR count). The number of benzene rings is 1. The molecule has 0 saturated carbocycles. The number of hydrogen-bond donors (Lipinski definition) is 3. The molecule has 3 N–H and O–H groups in total. The predicted octanol–water partition coefficient (Wildman–Crippen LogP) is 1.63. The number of carbonyl (C=O) groups is 1. The Labute approximate surface area is 100 Å². The molecule has 17 heavy (non-hydrogen) atoms. The third-order valence-corrected chi connectivity index (χ3v) is 2.27. The van der Waals surface area contributed by atoms with Crippen molar-refractivity contribution in [2.24, 2.45) is 0 Å². The number of carbonyl (C=O) groups excluding carboxylic acids is 1. The van der Waals surface area contributed by atoms with E-state index < -0.39 is 0 Å². The number of nitrogens with one attached hydrogen (secondary N) is 1. The summed E-state index contributed by atoms with van der Waals surface area (Å²) in [5.41, 5.74) is 0.317. The van der Waals surface area contributed by atoms with Gasteiger partial charge in [0.15, 0.2) is 11.5 Å². The molecule has 0 spiro atoms. The van der Waals surface area contributed by atoms with E-state index in [0.717, 1.165) is 12.8 Å². The summed E-state index contributed by atoms with van der Waals surface area (Å²) in [6.07, 6.45) is 7.50. The first-order valence-electron chi connectivity index (χ1n) is 5.39. The lowest BCUT2D eigenvalue weighted by molar-refractivity contribution is 0.0952. The Morgan fingerprint density at radius 1 is 1.29 bits per heavy atom. The van der Waals surface area contributed by atoms with Crippen molar-refractivity contribution >= 4 is 5.91 Å². The third-order valence-electron chi connectivity index (χ3n) is 2.27. The standard InChI is InChI=1S/C13H15NO3/c1-2-3-4-5-8-14-13(17)10-6-7-11(15)12(16)9-10/h1,6-7,9,15-16H,3-5,8H2,(H,14,17). The van der Waals surface area contributed by atoms with E-state index in [9.17, 15) is 9.90 Å². The van der Waals surface area contributed by atoms with Crippen LogP contribution in [-0.2, 0) is 0 Å². The topological polar surface area (TPSA) is 69.6 Å². The summed E-state index contributed by atoms with van der Waals surface area (Å²) in [6.45, 7) is 0.544. The second kappa shape index (κ2) is 6.44. The first-order valence-corrected chi connectivity index (χ1v) is 5.39. The van der Waals surface area contributed by atoms with E-state index in [0.29, 0.717) is 18.5 Å². The van der Waals surface area contributed by atoms with Crippen LogP contribution in [-0.4, -0.2) is 22.7 Å². The van der Waals surface area contributed by atoms with E-state index in [1.54, 1.807) is 0 Å². The summed E-state index contributed by atoms with van der Waals surface area (Å²) in [5, 5.41) is 21.0. The molecule has 90 valence electrons. The molecule has 0 aliphatic carbocycles. The van der Waals surface area contributed by atoms with Crippen molar-refractivity contribution in [1.29, 1.82) is 0 Å². The smallest absolute Gasteiger partial charge is 0.251 e. The van der Waals surface area contributed by atoms with Crippen LogP contribution in [0.3, 0.4) is 0 Å². The van der Waals surface area contributed by atoms with Gasteiger partial charge in [-0.1, -0.05) is 0 Å². The maximum atomic E-state index is 11.6. The molecular weight excluding hydrogens is 218 g/mol. The normalized spacial score (nSPS) is 9.59. The molecule has 1 amide bonds. The van der Waals surface area contributed by atoms with Crippen molar-refractivity contribution in [2.75, 3.05) is 6.54 Å². The van der Waals surface area contributed by atoms with E-state index in [4.69, 9.17) is 11.5 Å². The zero-order valence-electron chi connectivity index (χ0n) is 9.44. The maximum absolute atomic E-state index is 11.6. The SMILES string of the molecule is C#CCCCCNC(=O)c1ccc(O)c(O)c1. The number of phenols is 2. The fourth-order valence-electron chi connectivity index (χ4n) is 1.32. The van der Waals surface area contributed by atoms with Gasteiger partial charge < -0.3 is 15.5 Å². The lowest BCUT2D eigenvalue weighted by Crippen LogP contribution is -2.24. The van der Waals surface area contributed by atoms with Gasteiger partial charge in [0.05, 0.1) is 0 Å². The molecule has 0 aliphatic heterocycles. The number of rotatable bonds is 5. The summed E-state index contributed by atoms with van der Waals surface area (Å²) in [5.74, 6) is 1.71. The van der Waals surface area contributed by atoms with Crippen molar-refractivity contribution < 1.29 is 15.0 Å². The number of phenolic OH excluding ortho intramolecular Hbond substituents is 2. The van der Waals surface area contributed by atoms with E-state index in [2.05, 4.69) is 11.2 Å². The molecule has 0 heterocycles. The van der Waals surface area contributed by atoms with Crippen LogP contribution in [0.15, 0.2) is 18.2 Å². The van der Waals surface area contributed by atoms with Crippen LogP contribution in [0.5, 0.6) is 11.5 Å². The maximum Gasteiger partial charge on any atom is 0.251 e. The quantitative estimate of drug-likeness (QED) is 0.411. The molecule has 0 bridgehead atoms. The molecule has 0 radical (unpaired) electrons. The fourth-order valence-corrected chi connectivity index (χ4v) is 1.32. The molecule has 0 fully saturated rings. The fraction of sp³-hybridized carbons (Fsp3) is 0.308. The Morgan fingerprint density at radius 2 is 2.06 bits per heavy atom.